The van der Waals surface area contributed by atoms with E-state index in [1.165, 1.54) is 6.08 Å². The molecule has 1 nitrogen and oxygen atoms in total. The summed E-state index contributed by atoms with van der Waals surface area (Å²) >= 11 is 5.46. The first-order valence-electron chi connectivity index (χ1n) is 4.70. The number of hydrogen-bond donors (Lipinski definition) is 1. The predicted octanol–water partition coefficient (Wildman–Crippen LogP) is 4.50. The van der Waals surface area contributed by atoms with Gasteiger partial charge in [0.15, 0.2) is 0 Å². The Bertz CT molecular complexity index is 432. The second-order valence-electron chi connectivity index (χ2n) is 3.45. The van der Waals surface area contributed by atoms with Crippen LogP contribution >= 0.6 is 24.0 Å². The van der Waals surface area contributed by atoms with Crippen molar-refractivity contribution in [1.82, 2.24) is 0 Å². The molecule has 1 aromatic carbocycles. The number of halogens is 6. The van der Waals surface area contributed by atoms with Crippen molar-refractivity contribution >= 4 is 24.0 Å². The van der Waals surface area contributed by atoms with Crippen LogP contribution in [0.4, 0.5) is 17.6 Å². The van der Waals surface area contributed by atoms with E-state index < -0.39 is 29.2 Å². The molecule has 1 aromatic rings. The quantitative estimate of drug-likeness (QED) is 0.646. The van der Waals surface area contributed by atoms with E-state index in [2.05, 4.69) is 6.58 Å². The number of alkyl halides is 3. The van der Waals surface area contributed by atoms with Crippen LogP contribution in [0.5, 0.6) is 0 Å². The minimum atomic E-state index is -4.67. The highest BCUT2D eigenvalue weighted by Gasteiger charge is 2.36. The second kappa shape index (κ2) is 6.41. The Balaban J connectivity index is 0.00000289. The van der Waals surface area contributed by atoms with Crippen LogP contribution < -0.4 is 5.73 Å². The first kappa shape index (κ1) is 17.2. The zero-order chi connectivity index (χ0) is 13.2. The van der Waals surface area contributed by atoms with Gasteiger partial charge < -0.3 is 5.73 Å². The van der Waals surface area contributed by atoms with Crippen molar-refractivity contribution in [2.45, 2.75) is 18.6 Å². The van der Waals surface area contributed by atoms with Crippen molar-refractivity contribution < 1.29 is 17.6 Å². The lowest BCUT2D eigenvalue weighted by Crippen LogP contribution is -2.19. The summed E-state index contributed by atoms with van der Waals surface area (Å²) in [5, 5.41) is -0.382. The number of rotatable bonds is 3. The van der Waals surface area contributed by atoms with Crippen LogP contribution in [0.2, 0.25) is 5.02 Å². The molecule has 0 heterocycles. The van der Waals surface area contributed by atoms with E-state index in [1.807, 2.05) is 0 Å². The van der Waals surface area contributed by atoms with Gasteiger partial charge in [0.2, 0.25) is 0 Å². The van der Waals surface area contributed by atoms with Gasteiger partial charge in [-0.25, -0.2) is 4.39 Å². The maximum absolute atomic E-state index is 13.6. The second-order valence-corrected chi connectivity index (χ2v) is 3.86. The van der Waals surface area contributed by atoms with Gasteiger partial charge in [-0.3, -0.25) is 0 Å². The third-order valence-corrected chi connectivity index (χ3v) is 2.52. The number of nitrogens with two attached hydrogens (primary N) is 1. The highest BCUT2D eigenvalue weighted by molar-refractivity contribution is 6.30. The average molecular weight is 304 g/mol. The van der Waals surface area contributed by atoms with Crippen LogP contribution in [0.15, 0.2) is 24.8 Å². The molecule has 0 bridgehead atoms. The van der Waals surface area contributed by atoms with Crippen molar-refractivity contribution in [3.05, 3.63) is 46.8 Å². The molecule has 0 aliphatic rings. The molecule has 1 atom stereocenters. The fourth-order valence-corrected chi connectivity index (χ4v) is 1.64. The Morgan fingerprint density at radius 1 is 1.39 bits per heavy atom. The molecular weight excluding hydrogens is 293 g/mol. The van der Waals surface area contributed by atoms with Crippen LogP contribution in [-0.4, -0.2) is 0 Å². The molecule has 0 aliphatic carbocycles. The van der Waals surface area contributed by atoms with Gasteiger partial charge in [0.05, 0.1) is 10.6 Å². The fourth-order valence-electron chi connectivity index (χ4n) is 1.47. The highest BCUT2D eigenvalue weighted by atomic mass is 35.5. The predicted molar refractivity (Wildman–Crippen MR) is 65.4 cm³/mol. The molecule has 102 valence electrons. The normalized spacial score (nSPS) is 12.8. The maximum atomic E-state index is 13.6. The topological polar surface area (TPSA) is 26.0 Å². The Kier molecular flexibility index (Phi) is 6.13. The Morgan fingerprint density at radius 3 is 2.39 bits per heavy atom. The molecule has 0 saturated heterocycles. The van der Waals surface area contributed by atoms with Gasteiger partial charge in [0, 0.05) is 11.6 Å². The van der Waals surface area contributed by atoms with Crippen LogP contribution in [0, 0.1) is 5.82 Å². The summed E-state index contributed by atoms with van der Waals surface area (Å²) < 4.78 is 51.6. The number of hydrogen-bond acceptors (Lipinski definition) is 1. The van der Waals surface area contributed by atoms with E-state index in [1.54, 1.807) is 0 Å². The molecule has 7 heteroatoms. The zero-order valence-corrected chi connectivity index (χ0v) is 10.7. The zero-order valence-electron chi connectivity index (χ0n) is 9.10. The summed E-state index contributed by atoms with van der Waals surface area (Å²) in [6, 6.07) is 0.468. The lowest BCUT2D eigenvalue weighted by atomic mass is 9.97. The molecule has 0 fully saturated rings. The van der Waals surface area contributed by atoms with Gasteiger partial charge in [-0.15, -0.1) is 19.0 Å². The third-order valence-electron chi connectivity index (χ3n) is 2.23. The largest absolute Gasteiger partial charge is 0.416 e. The summed E-state index contributed by atoms with van der Waals surface area (Å²) in [7, 11) is 0. The first-order chi connectivity index (χ1) is 7.79. The molecule has 0 radical (unpaired) electrons. The molecule has 0 amide bonds. The summed E-state index contributed by atoms with van der Waals surface area (Å²) in [5.41, 5.74) is 3.78. The monoisotopic (exact) mass is 303 g/mol. The summed E-state index contributed by atoms with van der Waals surface area (Å²) in [6.07, 6.45) is -3.31. The lowest BCUT2D eigenvalue weighted by molar-refractivity contribution is -0.138. The molecule has 1 rings (SSSR count). The molecule has 2 N–H and O–H groups in total. The lowest BCUT2D eigenvalue weighted by Gasteiger charge is -2.18. The summed E-state index contributed by atoms with van der Waals surface area (Å²) in [5.74, 6) is -1.13. The third kappa shape index (κ3) is 3.60. The Hall–Kier alpha value is -0.780. The van der Waals surface area contributed by atoms with E-state index in [9.17, 15) is 17.6 Å². The smallest absolute Gasteiger partial charge is 0.324 e. The molecule has 0 saturated carbocycles. The van der Waals surface area contributed by atoms with Gasteiger partial charge >= 0.3 is 6.18 Å². The summed E-state index contributed by atoms with van der Waals surface area (Å²) in [4.78, 5) is 0. The molecule has 18 heavy (non-hydrogen) atoms. The summed E-state index contributed by atoms with van der Waals surface area (Å²) in [6.45, 7) is 3.35. The van der Waals surface area contributed by atoms with Gasteiger partial charge in [-0.2, -0.15) is 13.2 Å². The molecular formula is C11H11Cl2F4N. The molecule has 0 aromatic heterocycles. The van der Waals surface area contributed by atoms with Crippen LogP contribution in [-0.2, 0) is 6.18 Å². The number of benzene rings is 1. The van der Waals surface area contributed by atoms with Crippen LogP contribution in [0.3, 0.4) is 0 Å². The molecule has 0 aliphatic heterocycles. The van der Waals surface area contributed by atoms with Crippen molar-refractivity contribution in [2.75, 3.05) is 0 Å². The molecule has 0 unspecified atom stereocenters. The van der Waals surface area contributed by atoms with Crippen molar-refractivity contribution in [3.8, 4) is 0 Å². The van der Waals surface area contributed by atoms with Gasteiger partial charge in [-0.05, 0) is 18.6 Å². The van der Waals surface area contributed by atoms with Crippen molar-refractivity contribution in [2.24, 2.45) is 5.73 Å². The van der Waals surface area contributed by atoms with Gasteiger partial charge in [0.1, 0.15) is 5.82 Å². The standard InChI is InChI=1S/C11H10ClF4N.ClH/c1-2-3-8(17)9-6(11(14,15)16)4-5-7(12)10(9)13;/h2,4-5,8H,1,3,17H2;1H/t8-;/m0./s1. The first-order valence-corrected chi connectivity index (χ1v) is 5.08. The van der Waals surface area contributed by atoms with Crippen LogP contribution in [0.25, 0.3) is 0 Å². The minimum absolute atomic E-state index is 0. The Morgan fingerprint density at radius 2 is 1.94 bits per heavy atom. The molecule has 0 spiro atoms. The van der Waals surface area contributed by atoms with Gasteiger partial charge in [-0.1, -0.05) is 17.7 Å². The SMILES string of the molecule is C=CC[C@H](N)c1c(C(F)(F)F)ccc(Cl)c1F.Cl. The van der Waals surface area contributed by atoms with E-state index in [0.717, 1.165) is 12.1 Å². The minimum Gasteiger partial charge on any atom is -0.324 e. The fraction of sp³-hybridized carbons (Fsp3) is 0.273. The van der Waals surface area contributed by atoms with E-state index in [-0.39, 0.29) is 23.9 Å². The Labute approximate surface area is 113 Å². The van der Waals surface area contributed by atoms with Crippen molar-refractivity contribution in [3.63, 3.8) is 0 Å². The van der Waals surface area contributed by atoms with Gasteiger partial charge in [0.25, 0.3) is 0 Å². The van der Waals surface area contributed by atoms with E-state index >= 15 is 0 Å². The van der Waals surface area contributed by atoms with Crippen LogP contribution in [0.1, 0.15) is 23.6 Å². The maximum Gasteiger partial charge on any atom is 0.416 e. The van der Waals surface area contributed by atoms with E-state index in [0.29, 0.717) is 0 Å². The van der Waals surface area contributed by atoms with E-state index in [4.69, 9.17) is 17.3 Å². The average Bonchev–Trinajstić information content (AvgIpc) is 2.20. The van der Waals surface area contributed by atoms with Crippen molar-refractivity contribution in [1.29, 1.82) is 0 Å². The highest BCUT2D eigenvalue weighted by Crippen LogP contribution is 2.38.